The smallest absolute Gasteiger partial charge is 0.276 e. The standard InChI is InChI=1S/C17H16ClN3O3S/c1-11-5-4-6-12(9-11)24-10-15(22)20-21-17(25)19-16(23)13-7-2-3-8-14(13)18/h2-9H,10H2,1H3,(H,20,22)(H2,19,21,23,25). The van der Waals surface area contributed by atoms with E-state index < -0.39 is 11.8 Å². The first-order valence-corrected chi connectivity index (χ1v) is 8.08. The van der Waals surface area contributed by atoms with Gasteiger partial charge in [-0.1, -0.05) is 35.9 Å². The van der Waals surface area contributed by atoms with Crippen LogP contribution in [0.25, 0.3) is 0 Å². The largest absolute Gasteiger partial charge is 0.484 e. The summed E-state index contributed by atoms with van der Waals surface area (Å²) in [5.74, 6) is -0.339. The van der Waals surface area contributed by atoms with Crippen molar-refractivity contribution in [3.05, 3.63) is 64.7 Å². The number of ether oxygens (including phenoxy) is 1. The molecule has 0 bridgehead atoms. The van der Waals surface area contributed by atoms with Crippen molar-refractivity contribution in [1.82, 2.24) is 16.2 Å². The quantitative estimate of drug-likeness (QED) is 0.563. The third-order valence-electron chi connectivity index (χ3n) is 3.02. The number of benzene rings is 2. The molecule has 0 heterocycles. The fraction of sp³-hybridized carbons (Fsp3) is 0.118. The number of nitrogens with one attached hydrogen (secondary N) is 3. The third-order valence-corrected chi connectivity index (χ3v) is 3.55. The van der Waals surface area contributed by atoms with Crippen molar-refractivity contribution in [2.24, 2.45) is 0 Å². The zero-order valence-electron chi connectivity index (χ0n) is 13.3. The highest BCUT2D eigenvalue weighted by Crippen LogP contribution is 2.14. The Morgan fingerprint density at radius 2 is 1.88 bits per heavy atom. The van der Waals surface area contributed by atoms with Crippen LogP contribution in [0.15, 0.2) is 48.5 Å². The summed E-state index contributed by atoms with van der Waals surface area (Å²) in [6.45, 7) is 1.73. The molecule has 0 saturated heterocycles. The number of hydrogen-bond acceptors (Lipinski definition) is 4. The van der Waals surface area contributed by atoms with Crippen molar-refractivity contribution in [3.63, 3.8) is 0 Å². The molecule has 0 saturated carbocycles. The normalized spacial score (nSPS) is 9.84. The lowest BCUT2D eigenvalue weighted by molar-refractivity contribution is -0.123. The van der Waals surface area contributed by atoms with E-state index in [0.717, 1.165) is 5.56 Å². The van der Waals surface area contributed by atoms with Crippen molar-refractivity contribution in [3.8, 4) is 5.75 Å². The predicted octanol–water partition coefficient (Wildman–Crippen LogP) is 2.36. The number of aryl methyl sites for hydroxylation is 1. The number of hydrazine groups is 1. The van der Waals surface area contributed by atoms with Crippen LogP contribution in [0.1, 0.15) is 15.9 Å². The van der Waals surface area contributed by atoms with E-state index in [1.54, 1.807) is 30.3 Å². The monoisotopic (exact) mass is 377 g/mol. The Hall–Kier alpha value is -2.64. The molecule has 0 atom stereocenters. The van der Waals surface area contributed by atoms with Gasteiger partial charge in [0.2, 0.25) is 0 Å². The summed E-state index contributed by atoms with van der Waals surface area (Å²) in [4.78, 5) is 23.7. The van der Waals surface area contributed by atoms with Crippen LogP contribution < -0.4 is 20.9 Å². The van der Waals surface area contributed by atoms with E-state index >= 15 is 0 Å². The predicted molar refractivity (Wildman–Crippen MR) is 99.5 cm³/mol. The Morgan fingerprint density at radius 1 is 1.12 bits per heavy atom. The molecule has 0 spiro atoms. The second-order valence-electron chi connectivity index (χ2n) is 5.04. The van der Waals surface area contributed by atoms with Gasteiger partial charge < -0.3 is 4.74 Å². The van der Waals surface area contributed by atoms with Crippen molar-refractivity contribution in [1.29, 1.82) is 0 Å². The van der Waals surface area contributed by atoms with Crippen molar-refractivity contribution in [2.75, 3.05) is 6.61 Å². The number of rotatable bonds is 4. The summed E-state index contributed by atoms with van der Waals surface area (Å²) in [5, 5.41) is 2.66. The first-order valence-electron chi connectivity index (χ1n) is 7.30. The number of thiocarbonyl (C=S) groups is 1. The van der Waals surface area contributed by atoms with E-state index in [1.807, 2.05) is 25.1 Å². The van der Waals surface area contributed by atoms with Gasteiger partial charge in [-0.15, -0.1) is 0 Å². The first-order chi connectivity index (χ1) is 12.0. The maximum atomic E-state index is 12.0. The number of halogens is 1. The van der Waals surface area contributed by atoms with E-state index in [4.69, 9.17) is 28.6 Å². The van der Waals surface area contributed by atoms with Crippen LogP contribution in [0, 0.1) is 6.92 Å². The van der Waals surface area contributed by atoms with Gasteiger partial charge in [-0.05, 0) is 49.0 Å². The van der Waals surface area contributed by atoms with Crippen molar-refractivity contribution in [2.45, 2.75) is 6.92 Å². The van der Waals surface area contributed by atoms with Gasteiger partial charge in [0.15, 0.2) is 11.7 Å². The molecule has 130 valence electrons. The Labute approximate surface area is 155 Å². The highest BCUT2D eigenvalue weighted by molar-refractivity contribution is 7.80. The summed E-state index contributed by atoms with van der Waals surface area (Å²) in [7, 11) is 0. The van der Waals surface area contributed by atoms with Crippen LogP contribution >= 0.6 is 23.8 Å². The molecule has 0 unspecified atom stereocenters. The van der Waals surface area contributed by atoms with Crippen molar-refractivity contribution >= 4 is 40.7 Å². The van der Waals surface area contributed by atoms with Crippen LogP contribution in [0.2, 0.25) is 5.02 Å². The zero-order chi connectivity index (χ0) is 18.2. The average molecular weight is 378 g/mol. The summed E-state index contributed by atoms with van der Waals surface area (Å²) in [6.07, 6.45) is 0. The maximum Gasteiger partial charge on any atom is 0.276 e. The van der Waals surface area contributed by atoms with Gasteiger partial charge in [0.1, 0.15) is 5.75 Å². The van der Waals surface area contributed by atoms with Gasteiger partial charge in [-0.3, -0.25) is 25.8 Å². The number of hydrogen-bond donors (Lipinski definition) is 3. The van der Waals surface area contributed by atoms with E-state index in [2.05, 4.69) is 16.2 Å². The zero-order valence-corrected chi connectivity index (χ0v) is 14.9. The minimum Gasteiger partial charge on any atom is -0.484 e. The number of amides is 2. The lowest BCUT2D eigenvalue weighted by atomic mass is 10.2. The van der Waals surface area contributed by atoms with Crippen LogP contribution in [0.5, 0.6) is 5.75 Å². The molecule has 0 aliphatic carbocycles. The number of carbonyl (C=O) groups excluding carboxylic acids is 2. The van der Waals surface area contributed by atoms with Gasteiger partial charge in [0.05, 0.1) is 10.6 Å². The molecule has 0 fully saturated rings. The van der Waals surface area contributed by atoms with E-state index in [-0.39, 0.29) is 17.3 Å². The highest BCUT2D eigenvalue weighted by atomic mass is 35.5. The summed E-state index contributed by atoms with van der Waals surface area (Å²) in [5.41, 5.74) is 6.07. The highest BCUT2D eigenvalue weighted by Gasteiger charge is 2.11. The van der Waals surface area contributed by atoms with Crippen LogP contribution in [0.3, 0.4) is 0 Å². The fourth-order valence-corrected chi connectivity index (χ4v) is 2.23. The van der Waals surface area contributed by atoms with Gasteiger partial charge in [0, 0.05) is 0 Å². The molecule has 8 heteroatoms. The molecule has 2 rings (SSSR count). The average Bonchev–Trinajstić information content (AvgIpc) is 2.58. The van der Waals surface area contributed by atoms with Gasteiger partial charge in [-0.2, -0.15) is 0 Å². The minimum atomic E-state index is -0.478. The minimum absolute atomic E-state index is 0.0613. The molecule has 2 amide bonds. The van der Waals surface area contributed by atoms with E-state index in [9.17, 15) is 9.59 Å². The first kappa shape index (κ1) is 18.7. The molecule has 2 aromatic rings. The Kier molecular flexibility index (Phi) is 6.73. The summed E-state index contributed by atoms with van der Waals surface area (Å²) >= 11 is 10.9. The molecular weight excluding hydrogens is 362 g/mol. The molecule has 0 aromatic heterocycles. The molecule has 6 nitrogen and oxygen atoms in total. The second-order valence-corrected chi connectivity index (χ2v) is 5.86. The molecule has 0 radical (unpaired) electrons. The Morgan fingerprint density at radius 3 is 2.60 bits per heavy atom. The lowest BCUT2D eigenvalue weighted by Gasteiger charge is -2.12. The van der Waals surface area contributed by atoms with Gasteiger partial charge in [-0.25, -0.2) is 0 Å². The fourth-order valence-electron chi connectivity index (χ4n) is 1.86. The molecular formula is C17H16ClN3O3S. The van der Waals surface area contributed by atoms with E-state index in [0.29, 0.717) is 10.8 Å². The second kappa shape index (κ2) is 9.00. The van der Waals surface area contributed by atoms with Crippen molar-refractivity contribution < 1.29 is 14.3 Å². The summed E-state index contributed by atoms with van der Waals surface area (Å²) < 4.78 is 5.35. The topological polar surface area (TPSA) is 79.5 Å². The SMILES string of the molecule is Cc1cccc(OCC(=O)NNC(=S)NC(=O)c2ccccc2Cl)c1. The van der Waals surface area contributed by atoms with Gasteiger partial charge >= 0.3 is 0 Å². The molecule has 2 aromatic carbocycles. The van der Waals surface area contributed by atoms with Crippen LogP contribution in [-0.2, 0) is 4.79 Å². The molecule has 0 aliphatic rings. The van der Waals surface area contributed by atoms with Crippen LogP contribution in [0.4, 0.5) is 0 Å². The Balaban J connectivity index is 1.75. The maximum absolute atomic E-state index is 12.0. The third kappa shape index (κ3) is 6.06. The van der Waals surface area contributed by atoms with Crippen LogP contribution in [-0.4, -0.2) is 23.5 Å². The molecule has 3 N–H and O–H groups in total. The van der Waals surface area contributed by atoms with E-state index in [1.165, 1.54) is 0 Å². The number of carbonyl (C=O) groups is 2. The molecule has 25 heavy (non-hydrogen) atoms. The Bertz CT molecular complexity index is 798. The summed E-state index contributed by atoms with van der Waals surface area (Å²) in [6, 6.07) is 13.9. The lowest BCUT2D eigenvalue weighted by Crippen LogP contribution is -2.49. The molecule has 0 aliphatic heterocycles. The van der Waals surface area contributed by atoms with Gasteiger partial charge in [0.25, 0.3) is 11.8 Å².